The number of amides is 2. The lowest BCUT2D eigenvalue weighted by molar-refractivity contribution is -0.111. The Morgan fingerprint density at radius 2 is 1.77 bits per heavy atom. The predicted molar refractivity (Wildman–Crippen MR) is 104 cm³/mol. The fourth-order valence-electron chi connectivity index (χ4n) is 2.30. The monoisotopic (exact) mass is 352 g/mol. The van der Waals surface area contributed by atoms with E-state index in [9.17, 15) is 9.59 Å². The van der Waals surface area contributed by atoms with Crippen LogP contribution in [0, 0.1) is 0 Å². The molecule has 0 aliphatic carbocycles. The zero-order valence-electron chi connectivity index (χ0n) is 15.5. The second kappa shape index (κ2) is 8.34. The van der Waals surface area contributed by atoms with Crippen molar-refractivity contribution in [1.29, 1.82) is 0 Å². The van der Waals surface area contributed by atoms with Gasteiger partial charge in [0, 0.05) is 28.4 Å². The normalized spacial score (nSPS) is 11.2. The van der Waals surface area contributed by atoms with Crippen LogP contribution in [-0.4, -0.2) is 24.5 Å². The van der Waals surface area contributed by atoms with Crippen LogP contribution in [-0.2, 0) is 4.79 Å². The van der Waals surface area contributed by atoms with Crippen molar-refractivity contribution < 1.29 is 14.3 Å². The van der Waals surface area contributed by atoms with Crippen molar-refractivity contribution in [2.24, 2.45) is 0 Å². The lowest BCUT2D eigenvalue weighted by Gasteiger charge is -2.20. The fourth-order valence-corrected chi connectivity index (χ4v) is 2.30. The molecule has 0 spiro atoms. The number of nitrogens with one attached hydrogen (secondary N) is 2. The van der Waals surface area contributed by atoms with Gasteiger partial charge >= 0.3 is 0 Å². The standard InChI is InChI=1S/C21H24N2O3/c1-21(2,3)23-20(25)16-9-7-10-17(14-16)22-19(24)13-12-15-8-5-6-11-18(15)26-4/h5-14H,1-4H3,(H,22,24)(H,23,25)/b13-12+. The Morgan fingerprint density at radius 1 is 1.04 bits per heavy atom. The minimum absolute atomic E-state index is 0.182. The molecule has 0 aromatic heterocycles. The summed E-state index contributed by atoms with van der Waals surface area (Å²) in [6.45, 7) is 5.75. The first-order valence-electron chi connectivity index (χ1n) is 8.33. The Labute approximate surface area is 154 Å². The number of hydrogen-bond acceptors (Lipinski definition) is 3. The number of methoxy groups -OCH3 is 1. The summed E-state index contributed by atoms with van der Waals surface area (Å²) < 4.78 is 5.25. The van der Waals surface area contributed by atoms with Crippen LogP contribution in [0.1, 0.15) is 36.7 Å². The fraction of sp³-hybridized carbons (Fsp3) is 0.238. The van der Waals surface area contributed by atoms with Gasteiger partial charge in [0.25, 0.3) is 5.91 Å². The summed E-state index contributed by atoms with van der Waals surface area (Å²) in [5.74, 6) is 0.222. The maximum absolute atomic E-state index is 12.2. The van der Waals surface area contributed by atoms with Crippen LogP contribution in [0.4, 0.5) is 5.69 Å². The van der Waals surface area contributed by atoms with Crippen molar-refractivity contribution in [3.63, 3.8) is 0 Å². The first-order valence-corrected chi connectivity index (χ1v) is 8.33. The number of para-hydroxylation sites is 1. The topological polar surface area (TPSA) is 67.4 Å². The summed E-state index contributed by atoms with van der Waals surface area (Å²) >= 11 is 0. The second-order valence-corrected chi connectivity index (χ2v) is 6.85. The third-order valence-corrected chi connectivity index (χ3v) is 3.43. The molecule has 0 atom stereocenters. The van der Waals surface area contributed by atoms with Gasteiger partial charge in [0.05, 0.1) is 7.11 Å². The molecule has 0 unspecified atom stereocenters. The van der Waals surface area contributed by atoms with Crippen LogP contribution in [0.3, 0.4) is 0 Å². The van der Waals surface area contributed by atoms with Crippen LogP contribution in [0.25, 0.3) is 6.08 Å². The van der Waals surface area contributed by atoms with E-state index in [0.717, 1.165) is 5.56 Å². The number of carbonyl (C=O) groups is 2. The molecule has 5 heteroatoms. The molecule has 0 fully saturated rings. The van der Waals surface area contributed by atoms with Gasteiger partial charge in [0.1, 0.15) is 5.75 Å². The van der Waals surface area contributed by atoms with Crippen molar-refractivity contribution in [2.75, 3.05) is 12.4 Å². The molecule has 0 aliphatic heterocycles. The number of hydrogen-bond donors (Lipinski definition) is 2. The number of ether oxygens (including phenoxy) is 1. The predicted octanol–water partition coefficient (Wildman–Crippen LogP) is 3.88. The molecule has 5 nitrogen and oxygen atoms in total. The third-order valence-electron chi connectivity index (χ3n) is 3.43. The average molecular weight is 352 g/mol. The molecule has 26 heavy (non-hydrogen) atoms. The van der Waals surface area contributed by atoms with E-state index in [1.54, 1.807) is 37.5 Å². The maximum Gasteiger partial charge on any atom is 0.251 e. The van der Waals surface area contributed by atoms with Gasteiger partial charge in [-0.1, -0.05) is 24.3 Å². The van der Waals surface area contributed by atoms with E-state index < -0.39 is 0 Å². The van der Waals surface area contributed by atoms with Gasteiger partial charge in [0.2, 0.25) is 5.91 Å². The SMILES string of the molecule is COc1ccccc1/C=C/C(=O)Nc1cccc(C(=O)NC(C)(C)C)c1. The van der Waals surface area contributed by atoms with E-state index in [4.69, 9.17) is 4.74 Å². The summed E-state index contributed by atoms with van der Waals surface area (Å²) in [6, 6.07) is 14.3. The highest BCUT2D eigenvalue weighted by atomic mass is 16.5. The number of carbonyl (C=O) groups excluding carboxylic acids is 2. The molecule has 0 aliphatic rings. The molecule has 0 saturated carbocycles. The molecule has 2 rings (SSSR count). The first kappa shape index (κ1) is 19.2. The van der Waals surface area contributed by atoms with Gasteiger partial charge in [0.15, 0.2) is 0 Å². The molecule has 2 N–H and O–H groups in total. The van der Waals surface area contributed by atoms with Crippen molar-refractivity contribution in [3.8, 4) is 5.75 Å². The van der Waals surface area contributed by atoms with E-state index in [-0.39, 0.29) is 17.4 Å². The third kappa shape index (κ3) is 5.77. The van der Waals surface area contributed by atoms with Crippen molar-refractivity contribution in [2.45, 2.75) is 26.3 Å². The van der Waals surface area contributed by atoms with E-state index in [2.05, 4.69) is 10.6 Å². The van der Waals surface area contributed by atoms with Crippen molar-refractivity contribution >= 4 is 23.6 Å². The molecule has 0 heterocycles. The van der Waals surface area contributed by atoms with Crippen LogP contribution < -0.4 is 15.4 Å². The number of anilines is 1. The van der Waals surface area contributed by atoms with E-state index in [1.165, 1.54) is 6.08 Å². The van der Waals surface area contributed by atoms with Crippen LogP contribution in [0.15, 0.2) is 54.6 Å². The minimum atomic E-state index is -0.326. The maximum atomic E-state index is 12.2. The lowest BCUT2D eigenvalue weighted by atomic mass is 10.1. The Balaban J connectivity index is 2.06. The van der Waals surface area contributed by atoms with Gasteiger partial charge in [-0.3, -0.25) is 9.59 Å². The molecular formula is C21H24N2O3. The highest BCUT2D eigenvalue weighted by molar-refractivity contribution is 6.03. The average Bonchev–Trinajstić information content (AvgIpc) is 2.59. The highest BCUT2D eigenvalue weighted by Crippen LogP contribution is 2.19. The molecule has 0 radical (unpaired) electrons. The van der Waals surface area contributed by atoms with Gasteiger partial charge in [-0.15, -0.1) is 0 Å². The Kier molecular flexibility index (Phi) is 6.17. The Bertz CT molecular complexity index is 820. The summed E-state index contributed by atoms with van der Waals surface area (Å²) in [5.41, 5.74) is 1.53. The molecule has 2 aromatic carbocycles. The summed E-state index contributed by atoms with van der Waals surface area (Å²) in [5, 5.41) is 5.66. The van der Waals surface area contributed by atoms with E-state index in [1.807, 2.05) is 45.0 Å². The first-order chi connectivity index (χ1) is 12.3. The molecule has 2 amide bonds. The smallest absolute Gasteiger partial charge is 0.251 e. The quantitative estimate of drug-likeness (QED) is 0.803. The minimum Gasteiger partial charge on any atom is -0.496 e. The largest absolute Gasteiger partial charge is 0.496 e. The summed E-state index contributed by atoms with van der Waals surface area (Å²) in [4.78, 5) is 24.4. The number of rotatable bonds is 5. The zero-order chi connectivity index (χ0) is 19.2. The second-order valence-electron chi connectivity index (χ2n) is 6.85. The molecular weight excluding hydrogens is 328 g/mol. The molecule has 136 valence electrons. The summed E-state index contributed by atoms with van der Waals surface area (Å²) in [6.07, 6.45) is 3.12. The zero-order valence-corrected chi connectivity index (χ0v) is 15.5. The van der Waals surface area contributed by atoms with Crippen LogP contribution >= 0.6 is 0 Å². The lowest BCUT2D eigenvalue weighted by Crippen LogP contribution is -2.40. The van der Waals surface area contributed by atoms with Gasteiger partial charge in [-0.05, 0) is 51.1 Å². The van der Waals surface area contributed by atoms with Gasteiger partial charge < -0.3 is 15.4 Å². The van der Waals surface area contributed by atoms with Crippen LogP contribution in [0.5, 0.6) is 5.75 Å². The van der Waals surface area contributed by atoms with Gasteiger partial charge in [-0.2, -0.15) is 0 Å². The van der Waals surface area contributed by atoms with Crippen molar-refractivity contribution in [3.05, 3.63) is 65.7 Å². The molecule has 2 aromatic rings. The van der Waals surface area contributed by atoms with Gasteiger partial charge in [-0.25, -0.2) is 0 Å². The summed E-state index contributed by atoms with van der Waals surface area (Å²) in [7, 11) is 1.58. The van der Waals surface area contributed by atoms with Crippen molar-refractivity contribution in [1.82, 2.24) is 5.32 Å². The number of benzene rings is 2. The Morgan fingerprint density at radius 3 is 2.46 bits per heavy atom. The van der Waals surface area contributed by atoms with E-state index in [0.29, 0.717) is 17.0 Å². The molecule has 0 bridgehead atoms. The van der Waals surface area contributed by atoms with Crippen LogP contribution in [0.2, 0.25) is 0 Å². The Hall–Kier alpha value is -3.08. The van der Waals surface area contributed by atoms with E-state index >= 15 is 0 Å². The molecule has 0 saturated heterocycles. The highest BCUT2D eigenvalue weighted by Gasteiger charge is 2.15.